The molecular formula is C12H11F3N+. The lowest BCUT2D eigenvalue weighted by atomic mass is 10.1. The zero-order chi connectivity index (χ0) is 11.9. The number of hydrogen-bond donors (Lipinski definition) is 0. The van der Waals surface area contributed by atoms with E-state index >= 15 is 0 Å². The summed E-state index contributed by atoms with van der Waals surface area (Å²) in [7, 11) is 1.76. The molecule has 0 atom stereocenters. The van der Waals surface area contributed by atoms with Crippen molar-refractivity contribution in [1.29, 1.82) is 0 Å². The first-order valence-corrected chi connectivity index (χ1v) is 4.87. The van der Waals surface area contributed by atoms with E-state index in [2.05, 4.69) is 0 Å². The molecule has 0 radical (unpaired) electrons. The van der Waals surface area contributed by atoms with Crippen LogP contribution in [0.1, 0.15) is 11.3 Å². The maximum atomic E-state index is 12.8. The van der Waals surface area contributed by atoms with Crippen LogP contribution in [0.5, 0.6) is 0 Å². The van der Waals surface area contributed by atoms with Gasteiger partial charge in [-0.25, -0.2) is 0 Å². The number of halogens is 3. The normalized spacial score (nSPS) is 12.1. The molecule has 0 spiro atoms. The van der Waals surface area contributed by atoms with Gasteiger partial charge in [-0.3, -0.25) is 0 Å². The average Bonchev–Trinajstić information content (AvgIpc) is 2.22. The molecular weight excluding hydrogens is 215 g/mol. The minimum atomic E-state index is -4.31. The van der Waals surface area contributed by atoms with E-state index in [1.807, 2.05) is 0 Å². The van der Waals surface area contributed by atoms with Crippen LogP contribution in [0.4, 0.5) is 13.2 Å². The van der Waals surface area contributed by atoms with Crippen molar-refractivity contribution in [2.45, 2.75) is 13.1 Å². The van der Waals surface area contributed by atoms with Gasteiger partial charge < -0.3 is 0 Å². The van der Waals surface area contributed by atoms with Crippen LogP contribution in [0.3, 0.4) is 0 Å². The molecule has 0 unspecified atom stereocenters. The maximum Gasteiger partial charge on any atom is 0.417 e. The van der Waals surface area contributed by atoms with E-state index in [1.165, 1.54) is 12.1 Å². The predicted molar refractivity (Wildman–Crippen MR) is 54.9 cm³/mol. The predicted octanol–water partition coefficient (Wildman–Crippen LogP) is 2.99. The standard InChI is InChI=1S/C12H11F3N/c1-8-7-10(12(13,14)15)9-5-3-4-6-11(9)16(8)2/h3-7H,1-2H3/q+1. The monoisotopic (exact) mass is 226 g/mol. The topological polar surface area (TPSA) is 3.88 Å². The van der Waals surface area contributed by atoms with Crippen LogP contribution in [0.15, 0.2) is 30.3 Å². The number of nitrogens with zero attached hydrogens (tertiary/aromatic N) is 1. The second-order valence-electron chi connectivity index (χ2n) is 3.77. The molecule has 4 heteroatoms. The van der Waals surface area contributed by atoms with E-state index in [4.69, 9.17) is 0 Å². The summed E-state index contributed by atoms with van der Waals surface area (Å²) in [4.78, 5) is 0. The molecule has 2 rings (SSSR count). The molecule has 0 aliphatic carbocycles. The van der Waals surface area contributed by atoms with Gasteiger partial charge in [-0.1, -0.05) is 12.1 Å². The molecule has 1 heterocycles. The molecule has 84 valence electrons. The van der Waals surface area contributed by atoms with Gasteiger partial charge in [-0.05, 0) is 6.07 Å². The SMILES string of the molecule is Cc1cc(C(F)(F)F)c2ccccc2[n+]1C. The summed E-state index contributed by atoms with van der Waals surface area (Å²) in [5.74, 6) is 0. The number of aromatic nitrogens is 1. The summed E-state index contributed by atoms with van der Waals surface area (Å²) in [5.41, 5.74) is 0.611. The van der Waals surface area contributed by atoms with E-state index in [0.717, 1.165) is 0 Å². The Labute approximate surface area is 91.1 Å². The molecule has 0 aliphatic heterocycles. The first-order valence-electron chi connectivity index (χ1n) is 4.87. The number of benzene rings is 1. The third-order valence-corrected chi connectivity index (χ3v) is 2.74. The number of alkyl halides is 3. The summed E-state index contributed by atoms with van der Waals surface area (Å²) >= 11 is 0. The molecule has 1 aromatic carbocycles. The minimum Gasteiger partial charge on any atom is -0.199 e. The van der Waals surface area contributed by atoms with E-state index in [1.54, 1.807) is 36.7 Å². The fraction of sp³-hybridized carbons (Fsp3) is 0.250. The van der Waals surface area contributed by atoms with Crippen LogP contribution >= 0.6 is 0 Å². The molecule has 0 aliphatic rings. The molecule has 0 bridgehead atoms. The van der Waals surface area contributed by atoms with Crippen LogP contribution < -0.4 is 4.57 Å². The lowest BCUT2D eigenvalue weighted by molar-refractivity contribution is -0.651. The van der Waals surface area contributed by atoms with Crippen LogP contribution in [0.2, 0.25) is 0 Å². The zero-order valence-electron chi connectivity index (χ0n) is 8.97. The van der Waals surface area contributed by atoms with Gasteiger partial charge in [0.2, 0.25) is 5.52 Å². The van der Waals surface area contributed by atoms with Crippen LogP contribution in [0.25, 0.3) is 10.9 Å². The first kappa shape index (κ1) is 10.9. The van der Waals surface area contributed by atoms with Gasteiger partial charge in [0.25, 0.3) is 0 Å². The van der Waals surface area contributed by atoms with Crippen molar-refractivity contribution in [2.75, 3.05) is 0 Å². The Morgan fingerprint density at radius 2 is 1.75 bits per heavy atom. The minimum absolute atomic E-state index is 0.239. The lowest BCUT2D eigenvalue weighted by Crippen LogP contribution is -2.33. The van der Waals surface area contributed by atoms with Crippen LogP contribution in [0, 0.1) is 6.92 Å². The fourth-order valence-corrected chi connectivity index (χ4v) is 1.80. The van der Waals surface area contributed by atoms with Crippen molar-refractivity contribution >= 4 is 10.9 Å². The number of rotatable bonds is 0. The smallest absolute Gasteiger partial charge is 0.199 e. The maximum absolute atomic E-state index is 12.8. The highest BCUT2D eigenvalue weighted by Crippen LogP contribution is 2.33. The van der Waals surface area contributed by atoms with Crippen molar-refractivity contribution in [1.82, 2.24) is 0 Å². The Kier molecular flexibility index (Phi) is 2.37. The summed E-state index contributed by atoms with van der Waals surface area (Å²) in [6, 6.07) is 7.73. The number of para-hydroxylation sites is 1. The van der Waals surface area contributed by atoms with Crippen molar-refractivity contribution < 1.29 is 17.7 Å². The van der Waals surface area contributed by atoms with Crippen molar-refractivity contribution in [2.24, 2.45) is 7.05 Å². The van der Waals surface area contributed by atoms with Crippen LogP contribution in [-0.2, 0) is 13.2 Å². The van der Waals surface area contributed by atoms with Gasteiger partial charge in [0.15, 0.2) is 5.69 Å². The number of aryl methyl sites for hydroxylation is 2. The molecule has 0 amide bonds. The van der Waals surface area contributed by atoms with Gasteiger partial charge in [0.1, 0.15) is 7.05 Å². The van der Waals surface area contributed by atoms with E-state index in [0.29, 0.717) is 11.2 Å². The number of fused-ring (bicyclic) bond motifs is 1. The molecule has 0 saturated heterocycles. The van der Waals surface area contributed by atoms with Gasteiger partial charge >= 0.3 is 6.18 Å². The Morgan fingerprint density at radius 1 is 1.12 bits per heavy atom. The fourth-order valence-electron chi connectivity index (χ4n) is 1.80. The first-order chi connectivity index (χ1) is 7.41. The third kappa shape index (κ3) is 1.64. The second kappa shape index (κ2) is 3.47. The molecule has 0 saturated carbocycles. The molecule has 16 heavy (non-hydrogen) atoms. The van der Waals surface area contributed by atoms with Crippen LogP contribution in [-0.4, -0.2) is 0 Å². The van der Waals surface area contributed by atoms with Crippen molar-refractivity contribution in [3.63, 3.8) is 0 Å². The zero-order valence-corrected chi connectivity index (χ0v) is 8.97. The second-order valence-corrected chi connectivity index (χ2v) is 3.77. The van der Waals surface area contributed by atoms with Gasteiger partial charge in [0.05, 0.1) is 10.9 Å². The number of hydrogen-bond acceptors (Lipinski definition) is 0. The summed E-state index contributed by atoms with van der Waals surface area (Å²) in [6.07, 6.45) is -4.31. The summed E-state index contributed by atoms with van der Waals surface area (Å²) < 4.78 is 40.2. The highest BCUT2D eigenvalue weighted by molar-refractivity contribution is 5.80. The summed E-state index contributed by atoms with van der Waals surface area (Å²) in [5, 5.41) is 0.239. The molecule has 2 aromatic rings. The lowest BCUT2D eigenvalue weighted by Gasteiger charge is -2.10. The number of pyridine rings is 1. The highest BCUT2D eigenvalue weighted by atomic mass is 19.4. The average molecular weight is 226 g/mol. The van der Waals surface area contributed by atoms with Crippen molar-refractivity contribution in [3.8, 4) is 0 Å². The van der Waals surface area contributed by atoms with Gasteiger partial charge in [0, 0.05) is 19.1 Å². The van der Waals surface area contributed by atoms with Gasteiger partial charge in [-0.15, -0.1) is 0 Å². The Balaban J connectivity index is 2.91. The Morgan fingerprint density at radius 3 is 2.38 bits per heavy atom. The quantitative estimate of drug-likeness (QED) is 0.608. The van der Waals surface area contributed by atoms with E-state index < -0.39 is 11.7 Å². The summed E-state index contributed by atoms with van der Waals surface area (Å²) in [6.45, 7) is 1.67. The van der Waals surface area contributed by atoms with E-state index in [-0.39, 0.29) is 5.39 Å². The molecule has 0 N–H and O–H groups in total. The Bertz CT molecular complexity index is 544. The highest BCUT2D eigenvalue weighted by Gasteiger charge is 2.35. The third-order valence-electron chi connectivity index (χ3n) is 2.74. The van der Waals surface area contributed by atoms with Crippen molar-refractivity contribution in [3.05, 3.63) is 41.6 Å². The largest absolute Gasteiger partial charge is 0.417 e. The molecule has 1 nitrogen and oxygen atoms in total. The Hall–Kier alpha value is -1.58. The molecule has 0 fully saturated rings. The van der Waals surface area contributed by atoms with Gasteiger partial charge in [-0.2, -0.15) is 17.7 Å². The molecule has 1 aromatic heterocycles. The van der Waals surface area contributed by atoms with E-state index in [9.17, 15) is 13.2 Å².